The summed E-state index contributed by atoms with van der Waals surface area (Å²) in [5, 5.41) is 14.1. The number of benzene rings is 1. The summed E-state index contributed by atoms with van der Waals surface area (Å²) in [4.78, 5) is 12.4. The summed E-state index contributed by atoms with van der Waals surface area (Å²) in [5.74, 6) is -0.566. The van der Waals surface area contributed by atoms with E-state index in [1.165, 1.54) is 25.0 Å². The molecule has 0 aliphatic heterocycles. The van der Waals surface area contributed by atoms with Crippen molar-refractivity contribution in [1.82, 2.24) is 10.2 Å². The van der Waals surface area contributed by atoms with E-state index in [0.29, 0.717) is 12.1 Å². The molecule has 0 atom stereocenters. The summed E-state index contributed by atoms with van der Waals surface area (Å²) in [6, 6.07) is 3.71. The first-order chi connectivity index (χ1) is 9.93. The van der Waals surface area contributed by atoms with E-state index in [1.807, 2.05) is 0 Å². The van der Waals surface area contributed by atoms with Gasteiger partial charge in [0.25, 0.3) is 5.69 Å². The second-order valence-electron chi connectivity index (χ2n) is 6.00. The first-order valence-electron chi connectivity index (χ1n) is 7.25. The highest BCUT2D eigenvalue weighted by molar-refractivity contribution is 5.35. The van der Waals surface area contributed by atoms with E-state index in [2.05, 4.69) is 24.3 Å². The lowest BCUT2D eigenvalue weighted by Gasteiger charge is -2.36. The Morgan fingerprint density at radius 1 is 1.33 bits per heavy atom. The summed E-state index contributed by atoms with van der Waals surface area (Å²) in [6.07, 6.45) is 4.75. The maximum atomic E-state index is 13.4. The molecule has 0 saturated heterocycles. The fourth-order valence-corrected chi connectivity index (χ4v) is 3.10. The van der Waals surface area contributed by atoms with E-state index < -0.39 is 10.7 Å². The van der Waals surface area contributed by atoms with Crippen LogP contribution < -0.4 is 5.32 Å². The van der Waals surface area contributed by atoms with Crippen molar-refractivity contribution in [3.63, 3.8) is 0 Å². The molecule has 1 N–H and O–H groups in total. The zero-order chi connectivity index (χ0) is 15.5. The number of rotatable bonds is 6. The molecule has 1 saturated carbocycles. The van der Waals surface area contributed by atoms with E-state index in [0.717, 1.165) is 25.5 Å². The smallest absolute Gasteiger partial charge is 0.272 e. The average molecular weight is 295 g/mol. The Kier molecular flexibility index (Phi) is 4.90. The van der Waals surface area contributed by atoms with Crippen molar-refractivity contribution in [2.24, 2.45) is 0 Å². The molecule has 1 aromatic carbocycles. The quantitative estimate of drug-likeness (QED) is 0.647. The number of non-ortho nitro benzene ring substituents is 1. The minimum atomic E-state index is -0.566. The van der Waals surface area contributed by atoms with Crippen molar-refractivity contribution < 1.29 is 9.31 Å². The van der Waals surface area contributed by atoms with Gasteiger partial charge in [-0.15, -0.1) is 0 Å². The van der Waals surface area contributed by atoms with Gasteiger partial charge < -0.3 is 10.2 Å². The Morgan fingerprint density at radius 3 is 2.57 bits per heavy atom. The first kappa shape index (κ1) is 15.9. The molecule has 0 bridgehead atoms. The maximum absolute atomic E-state index is 13.4. The van der Waals surface area contributed by atoms with Crippen molar-refractivity contribution in [3.05, 3.63) is 39.7 Å². The normalized spacial score (nSPS) is 17.3. The number of nitrogens with one attached hydrogen (secondary N) is 1. The van der Waals surface area contributed by atoms with Crippen molar-refractivity contribution in [1.29, 1.82) is 0 Å². The van der Waals surface area contributed by atoms with Crippen LogP contribution in [0.15, 0.2) is 18.2 Å². The third-order valence-electron chi connectivity index (χ3n) is 4.42. The third kappa shape index (κ3) is 3.77. The molecule has 0 spiro atoms. The summed E-state index contributed by atoms with van der Waals surface area (Å²) >= 11 is 0. The highest BCUT2D eigenvalue weighted by Gasteiger charge is 2.35. The van der Waals surface area contributed by atoms with E-state index in [9.17, 15) is 14.5 Å². The maximum Gasteiger partial charge on any atom is 0.272 e. The highest BCUT2D eigenvalue weighted by Crippen LogP contribution is 2.33. The average Bonchev–Trinajstić information content (AvgIpc) is 2.88. The molecule has 1 aromatic rings. The van der Waals surface area contributed by atoms with Gasteiger partial charge in [-0.3, -0.25) is 10.1 Å². The molecule has 116 valence electrons. The van der Waals surface area contributed by atoms with Crippen LogP contribution in [0.3, 0.4) is 0 Å². The second kappa shape index (κ2) is 6.49. The van der Waals surface area contributed by atoms with E-state index >= 15 is 0 Å². The number of nitrogens with zero attached hydrogens (tertiary/aromatic N) is 2. The molecular weight excluding hydrogens is 273 g/mol. The molecule has 0 unspecified atom stereocenters. The SMILES string of the molecule is CN(C)C1(CNCc2cc(F)cc([N+](=O)[O-])c2)CCCC1. The fourth-order valence-electron chi connectivity index (χ4n) is 3.10. The molecule has 0 heterocycles. The number of nitro groups is 1. The van der Waals surface area contributed by atoms with Crippen LogP contribution in [0, 0.1) is 15.9 Å². The number of nitro benzene ring substituents is 1. The van der Waals surface area contributed by atoms with Gasteiger partial charge in [0.2, 0.25) is 0 Å². The molecule has 21 heavy (non-hydrogen) atoms. The highest BCUT2D eigenvalue weighted by atomic mass is 19.1. The third-order valence-corrected chi connectivity index (χ3v) is 4.42. The lowest BCUT2D eigenvalue weighted by molar-refractivity contribution is -0.385. The van der Waals surface area contributed by atoms with Crippen LogP contribution in [0.1, 0.15) is 31.2 Å². The predicted octanol–water partition coefficient (Wildman–Crippen LogP) is 2.70. The van der Waals surface area contributed by atoms with Crippen molar-refractivity contribution >= 4 is 5.69 Å². The van der Waals surface area contributed by atoms with Crippen LogP contribution in [0.5, 0.6) is 0 Å². The van der Waals surface area contributed by atoms with Crippen LogP contribution in [0.4, 0.5) is 10.1 Å². The van der Waals surface area contributed by atoms with Gasteiger partial charge in [0.15, 0.2) is 0 Å². The van der Waals surface area contributed by atoms with Gasteiger partial charge in [0, 0.05) is 24.7 Å². The van der Waals surface area contributed by atoms with E-state index in [4.69, 9.17) is 0 Å². The Bertz CT molecular complexity index is 514. The summed E-state index contributed by atoms with van der Waals surface area (Å²) in [7, 11) is 4.17. The predicted molar refractivity (Wildman–Crippen MR) is 79.6 cm³/mol. The van der Waals surface area contributed by atoms with Gasteiger partial charge in [0.05, 0.1) is 11.0 Å². The Hall–Kier alpha value is -1.53. The van der Waals surface area contributed by atoms with Crippen LogP contribution in [0.2, 0.25) is 0 Å². The Labute approximate surface area is 124 Å². The van der Waals surface area contributed by atoms with Crippen molar-refractivity contribution in [2.45, 2.75) is 37.8 Å². The second-order valence-corrected chi connectivity index (χ2v) is 6.00. The number of hydrogen-bond donors (Lipinski definition) is 1. The summed E-state index contributed by atoms with van der Waals surface area (Å²) in [6.45, 7) is 1.25. The van der Waals surface area contributed by atoms with Gasteiger partial charge in [-0.2, -0.15) is 0 Å². The molecule has 0 radical (unpaired) electrons. The van der Waals surface area contributed by atoms with Gasteiger partial charge in [-0.05, 0) is 38.6 Å². The zero-order valence-electron chi connectivity index (χ0n) is 12.6. The molecule has 1 aliphatic carbocycles. The number of likely N-dealkylation sites (N-methyl/N-ethyl adjacent to an activating group) is 1. The largest absolute Gasteiger partial charge is 0.311 e. The molecule has 0 amide bonds. The van der Waals surface area contributed by atoms with E-state index in [1.54, 1.807) is 0 Å². The van der Waals surface area contributed by atoms with Gasteiger partial charge >= 0.3 is 0 Å². The van der Waals surface area contributed by atoms with Crippen molar-refractivity contribution in [3.8, 4) is 0 Å². The number of hydrogen-bond acceptors (Lipinski definition) is 4. The van der Waals surface area contributed by atoms with Gasteiger partial charge in [-0.25, -0.2) is 4.39 Å². The molecule has 0 aromatic heterocycles. The molecule has 1 aliphatic rings. The molecule has 2 rings (SSSR count). The minimum absolute atomic E-state index is 0.152. The van der Waals surface area contributed by atoms with E-state index in [-0.39, 0.29) is 11.2 Å². The monoisotopic (exact) mass is 295 g/mol. The Balaban J connectivity index is 1.98. The molecule has 6 heteroatoms. The lowest BCUT2D eigenvalue weighted by atomic mass is 9.96. The van der Waals surface area contributed by atoms with Crippen molar-refractivity contribution in [2.75, 3.05) is 20.6 Å². The standard InChI is InChI=1S/C15H22FN3O2/c1-18(2)15(5-3-4-6-15)11-17-10-12-7-13(16)9-14(8-12)19(20)21/h7-9,17H,3-6,10-11H2,1-2H3. The van der Waals surface area contributed by atoms with Crippen LogP contribution >= 0.6 is 0 Å². The first-order valence-corrected chi connectivity index (χ1v) is 7.25. The number of halogens is 1. The summed E-state index contributed by atoms with van der Waals surface area (Å²) < 4.78 is 13.4. The minimum Gasteiger partial charge on any atom is -0.311 e. The zero-order valence-corrected chi connectivity index (χ0v) is 12.6. The lowest BCUT2D eigenvalue weighted by Crippen LogP contribution is -2.49. The van der Waals surface area contributed by atoms with Crippen LogP contribution in [-0.4, -0.2) is 36.0 Å². The molecule has 1 fully saturated rings. The topological polar surface area (TPSA) is 58.4 Å². The van der Waals surface area contributed by atoms with Crippen LogP contribution in [-0.2, 0) is 6.54 Å². The summed E-state index contributed by atoms with van der Waals surface area (Å²) in [5.41, 5.74) is 0.558. The van der Waals surface area contributed by atoms with Crippen LogP contribution in [0.25, 0.3) is 0 Å². The Morgan fingerprint density at radius 2 is 2.00 bits per heavy atom. The fraction of sp³-hybridized carbons (Fsp3) is 0.600. The molecule has 5 nitrogen and oxygen atoms in total. The molecular formula is C15H22FN3O2. The van der Waals surface area contributed by atoms with Gasteiger partial charge in [-0.1, -0.05) is 12.8 Å². The van der Waals surface area contributed by atoms with Gasteiger partial charge in [0.1, 0.15) is 5.82 Å².